The van der Waals surface area contributed by atoms with Crippen molar-refractivity contribution in [1.82, 2.24) is 0 Å². The Kier molecular flexibility index (Phi) is 3.95. The maximum absolute atomic E-state index is 12.1. The molecule has 1 amide bonds. The summed E-state index contributed by atoms with van der Waals surface area (Å²) in [6.07, 6.45) is 2.09. The maximum atomic E-state index is 12.1. The molecule has 4 heteroatoms. The number of hydrogen-bond donors (Lipinski definition) is 0. The summed E-state index contributed by atoms with van der Waals surface area (Å²) in [5.74, 6) is 0.772. The molecule has 0 aromatic heterocycles. The SMILES string of the molecule is CCCc1cc(Br)c2c(c1)N(C)C(=O)C(C)CO2. The highest BCUT2D eigenvalue weighted by Gasteiger charge is 2.27. The van der Waals surface area contributed by atoms with Crippen LogP contribution in [0.25, 0.3) is 0 Å². The van der Waals surface area contributed by atoms with Gasteiger partial charge in [-0.25, -0.2) is 0 Å². The van der Waals surface area contributed by atoms with Crippen LogP contribution in [-0.4, -0.2) is 19.6 Å². The molecule has 1 aromatic rings. The third-order valence-electron chi connectivity index (χ3n) is 3.21. The van der Waals surface area contributed by atoms with Crippen molar-refractivity contribution in [2.45, 2.75) is 26.7 Å². The first kappa shape index (κ1) is 13.4. The van der Waals surface area contributed by atoms with Gasteiger partial charge in [0.2, 0.25) is 5.91 Å². The summed E-state index contributed by atoms with van der Waals surface area (Å²) in [5, 5.41) is 0. The normalized spacial score (nSPS) is 19.2. The van der Waals surface area contributed by atoms with Gasteiger partial charge >= 0.3 is 0 Å². The Morgan fingerprint density at radius 1 is 1.50 bits per heavy atom. The second kappa shape index (κ2) is 5.31. The predicted molar refractivity (Wildman–Crippen MR) is 76.2 cm³/mol. The average Bonchev–Trinajstić information content (AvgIpc) is 2.44. The summed E-state index contributed by atoms with van der Waals surface area (Å²) in [6.45, 7) is 4.47. The monoisotopic (exact) mass is 311 g/mol. The smallest absolute Gasteiger partial charge is 0.233 e. The number of rotatable bonds is 2. The lowest BCUT2D eigenvalue weighted by Gasteiger charge is -2.19. The van der Waals surface area contributed by atoms with E-state index in [-0.39, 0.29) is 11.8 Å². The predicted octanol–water partition coefficient (Wildman–Crippen LogP) is 3.39. The number of nitrogens with zero attached hydrogens (tertiary/aromatic N) is 1. The lowest BCUT2D eigenvalue weighted by molar-refractivity contribution is -0.122. The van der Waals surface area contributed by atoms with E-state index in [1.807, 2.05) is 14.0 Å². The zero-order valence-corrected chi connectivity index (χ0v) is 12.6. The van der Waals surface area contributed by atoms with Gasteiger partial charge in [-0.15, -0.1) is 0 Å². The molecule has 3 nitrogen and oxygen atoms in total. The number of hydrogen-bond acceptors (Lipinski definition) is 2. The van der Waals surface area contributed by atoms with Crippen LogP contribution < -0.4 is 9.64 Å². The van der Waals surface area contributed by atoms with E-state index in [1.165, 1.54) is 5.56 Å². The summed E-state index contributed by atoms with van der Waals surface area (Å²) in [6, 6.07) is 4.14. The molecule has 0 radical (unpaired) electrons. The van der Waals surface area contributed by atoms with E-state index in [4.69, 9.17) is 4.74 Å². The maximum Gasteiger partial charge on any atom is 0.233 e. The minimum Gasteiger partial charge on any atom is -0.489 e. The Bertz CT molecular complexity index is 473. The van der Waals surface area contributed by atoms with Gasteiger partial charge in [0.05, 0.1) is 22.7 Å². The second-order valence-corrected chi connectivity index (χ2v) is 5.64. The van der Waals surface area contributed by atoms with E-state index < -0.39 is 0 Å². The second-order valence-electron chi connectivity index (χ2n) is 4.79. The fourth-order valence-corrected chi connectivity index (χ4v) is 2.80. The Hall–Kier alpha value is -1.03. The van der Waals surface area contributed by atoms with E-state index in [9.17, 15) is 4.79 Å². The highest BCUT2D eigenvalue weighted by Crippen LogP contribution is 2.39. The quantitative estimate of drug-likeness (QED) is 0.838. The van der Waals surface area contributed by atoms with Crippen molar-refractivity contribution < 1.29 is 9.53 Å². The van der Waals surface area contributed by atoms with Crippen molar-refractivity contribution in [2.24, 2.45) is 5.92 Å². The van der Waals surface area contributed by atoms with Crippen molar-refractivity contribution >= 4 is 27.5 Å². The van der Waals surface area contributed by atoms with Crippen molar-refractivity contribution in [3.05, 3.63) is 22.2 Å². The van der Waals surface area contributed by atoms with Gasteiger partial charge in [0.1, 0.15) is 0 Å². The van der Waals surface area contributed by atoms with Crippen LogP contribution in [0.1, 0.15) is 25.8 Å². The highest BCUT2D eigenvalue weighted by molar-refractivity contribution is 9.10. The standard InChI is InChI=1S/C14H18BrNO2/c1-4-5-10-6-11(15)13-12(7-10)16(3)14(17)9(2)8-18-13/h6-7,9H,4-5,8H2,1-3H3. The van der Waals surface area contributed by atoms with Crippen LogP contribution in [0.3, 0.4) is 0 Å². The molecule has 0 saturated carbocycles. The first-order chi connectivity index (χ1) is 8.54. The molecule has 0 aliphatic carbocycles. The summed E-state index contributed by atoms with van der Waals surface area (Å²) < 4.78 is 6.68. The zero-order chi connectivity index (χ0) is 13.3. The molecule has 0 fully saturated rings. The van der Waals surface area contributed by atoms with Gasteiger partial charge in [0, 0.05) is 7.05 Å². The molecule has 1 heterocycles. The minimum atomic E-state index is -0.107. The molecule has 1 atom stereocenters. The summed E-state index contributed by atoms with van der Waals surface area (Å²) in [7, 11) is 1.81. The van der Waals surface area contributed by atoms with E-state index in [1.54, 1.807) is 4.90 Å². The number of ether oxygens (including phenoxy) is 1. The number of aryl methyl sites for hydroxylation is 1. The summed E-state index contributed by atoms with van der Waals surface area (Å²) in [5.41, 5.74) is 2.09. The third kappa shape index (κ3) is 2.39. The highest BCUT2D eigenvalue weighted by atomic mass is 79.9. The van der Waals surface area contributed by atoms with Gasteiger partial charge in [-0.2, -0.15) is 0 Å². The van der Waals surface area contributed by atoms with Crippen molar-refractivity contribution in [3.63, 3.8) is 0 Å². The van der Waals surface area contributed by atoms with E-state index in [2.05, 4.69) is 35.0 Å². The zero-order valence-electron chi connectivity index (χ0n) is 11.0. The van der Waals surface area contributed by atoms with Gasteiger partial charge in [0.25, 0.3) is 0 Å². The molecular formula is C14H18BrNO2. The third-order valence-corrected chi connectivity index (χ3v) is 3.80. The van der Waals surface area contributed by atoms with Crippen molar-refractivity contribution in [2.75, 3.05) is 18.6 Å². The fraction of sp³-hybridized carbons (Fsp3) is 0.500. The van der Waals surface area contributed by atoms with Gasteiger partial charge < -0.3 is 9.64 Å². The number of anilines is 1. The molecule has 2 rings (SSSR count). The minimum absolute atomic E-state index is 0.106. The number of benzene rings is 1. The van der Waals surface area contributed by atoms with Crippen LogP contribution in [0.4, 0.5) is 5.69 Å². The summed E-state index contributed by atoms with van der Waals surface area (Å²) in [4.78, 5) is 13.8. The van der Waals surface area contributed by atoms with Crippen LogP contribution >= 0.6 is 15.9 Å². The molecule has 1 aliphatic heterocycles. The van der Waals surface area contributed by atoms with Gasteiger partial charge in [0.15, 0.2) is 5.75 Å². The van der Waals surface area contributed by atoms with Crippen LogP contribution in [-0.2, 0) is 11.2 Å². The van der Waals surface area contributed by atoms with Crippen LogP contribution in [0.2, 0.25) is 0 Å². The van der Waals surface area contributed by atoms with Crippen LogP contribution in [0.15, 0.2) is 16.6 Å². The molecule has 98 valence electrons. The largest absolute Gasteiger partial charge is 0.489 e. The van der Waals surface area contributed by atoms with Crippen LogP contribution in [0, 0.1) is 5.92 Å². The average molecular weight is 312 g/mol. The Labute approximate surface area is 116 Å². The number of amides is 1. The molecule has 0 spiro atoms. The molecule has 0 saturated heterocycles. The molecule has 1 unspecified atom stereocenters. The molecular weight excluding hydrogens is 294 g/mol. The van der Waals surface area contributed by atoms with Crippen LogP contribution in [0.5, 0.6) is 5.75 Å². The molecule has 1 aliphatic rings. The molecule has 1 aromatic carbocycles. The lowest BCUT2D eigenvalue weighted by Crippen LogP contribution is -2.31. The van der Waals surface area contributed by atoms with Crippen molar-refractivity contribution in [1.29, 1.82) is 0 Å². The molecule has 18 heavy (non-hydrogen) atoms. The van der Waals surface area contributed by atoms with E-state index in [0.29, 0.717) is 6.61 Å². The fourth-order valence-electron chi connectivity index (χ4n) is 2.19. The van der Waals surface area contributed by atoms with E-state index in [0.717, 1.165) is 28.8 Å². The number of fused-ring (bicyclic) bond motifs is 1. The Morgan fingerprint density at radius 3 is 2.89 bits per heavy atom. The molecule has 0 bridgehead atoms. The van der Waals surface area contributed by atoms with Gasteiger partial charge in [-0.1, -0.05) is 20.3 Å². The number of halogens is 1. The Morgan fingerprint density at radius 2 is 2.22 bits per heavy atom. The Balaban J connectivity index is 2.49. The topological polar surface area (TPSA) is 29.5 Å². The first-order valence-corrected chi connectivity index (χ1v) is 7.06. The van der Waals surface area contributed by atoms with Crippen molar-refractivity contribution in [3.8, 4) is 5.75 Å². The number of carbonyl (C=O) groups is 1. The number of carbonyl (C=O) groups excluding carboxylic acids is 1. The summed E-state index contributed by atoms with van der Waals surface area (Å²) >= 11 is 3.54. The lowest BCUT2D eigenvalue weighted by atomic mass is 10.1. The van der Waals surface area contributed by atoms with Gasteiger partial charge in [-0.3, -0.25) is 4.79 Å². The molecule has 0 N–H and O–H groups in total. The van der Waals surface area contributed by atoms with Gasteiger partial charge in [-0.05, 0) is 40.0 Å². The first-order valence-electron chi connectivity index (χ1n) is 6.27. The van der Waals surface area contributed by atoms with E-state index >= 15 is 0 Å².